The fraction of sp³-hybridized carbons (Fsp3) is 0.455. The Hall–Kier alpha value is -1.58. The van der Waals surface area contributed by atoms with E-state index in [1.54, 1.807) is 0 Å². The molecule has 0 radical (unpaired) electrons. The van der Waals surface area contributed by atoms with Crippen molar-refractivity contribution in [3.05, 3.63) is 36.2 Å². The number of aromatic nitrogens is 4. The zero-order valence-corrected chi connectivity index (χ0v) is 9.22. The first kappa shape index (κ1) is 9.96. The standard InChI is InChI=1S/C11H16N4/c1-3-6-14-9-12-7-11(14)8-15-10(2)4-5-13-15/h4-5,7,9H,3,6,8H2,1-2H3. The second-order valence-electron chi connectivity index (χ2n) is 3.71. The molecule has 0 fully saturated rings. The molecule has 0 amide bonds. The summed E-state index contributed by atoms with van der Waals surface area (Å²) >= 11 is 0. The Morgan fingerprint density at radius 3 is 2.93 bits per heavy atom. The minimum Gasteiger partial charge on any atom is -0.333 e. The van der Waals surface area contributed by atoms with Gasteiger partial charge in [-0.05, 0) is 19.4 Å². The topological polar surface area (TPSA) is 35.6 Å². The van der Waals surface area contributed by atoms with Crippen molar-refractivity contribution in [1.29, 1.82) is 0 Å². The van der Waals surface area contributed by atoms with Crippen molar-refractivity contribution >= 4 is 0 Å². The van der Waals surface area contributed by atoms with E-state index in [2.05, 4.69) is 28.5 Å². The molecule has 0 N–H and O–H groups in total. The van der Waals surface area contributed by atoms with Gasteiger partial charge in [0.1, 0.15) is 0 Å². The molecule has 80 valence electrons. The second kappa shape index (κ2) is 4.29. The summed E-state index contributed by atoms with van der Waals surface area (Å²) in [5.74, 6) is 0. The van der Waals surface area contributed by atoms with Crippen LogP contribution >= 0.6 is 0 Å². The molecule has 15 heavy (non-hydrogen) atoms. The highest BCUT2D eigenvalue weighted by molar-refractivity contribution is 5.03. The van der Waals surface area contributed by atoms with Gasteiger partial charge in [-0.3, -0.25) is 4.68 Å². The molecule has 4 heteroatoms. The molecule has 2 rings (SSSR count). The molecule has 2 aromatic rings. The number of aryl methyl sites for hydroxylation is 2. The lowest BCUT2D eigenvalue weighted by Gasteiger charge is -2.07. The minimum atomic E-state index is 0.804. The molecule has 0 aliphatic rings. The van der Waals surface area contributed by atoms with Gasteiger partial charge in [-0.1, -0.05) is 6.92 Å². The molecular weight excluding hydrogens is 188 g/mol. The Balaban J connectivity index is 2.17. The monoisotopic (exact) mass is 204 g/mol. The van der Waals surface area contributed by atoms with E-state index >= 15 is 0 Å². The van der Waals surface area contributed by atoms with Crippen LogP contribution in [-0.4, -0.2) is 19.3 Å². The molecule has 0 unspecified atom stereocenters. The molecule has 0 saturated heterocycles. The van der Waals surface area contributed by atoms with E-state index in [9.17, 15) is 0 Å². The predicted molar refractivity (Wildman–Crippen MR) is 58.6 cm³/mol. The van der Waals surface area contributed by atoms with Crippen LogP contribution in [0.4, 0.5) is 0 Å². The normalized spacial score (nSPS) is 10.8. The molecule has 4 nitrogen and oxygen atoms in total. The predicted octanol–water partition coefficient (Wildman–Crippen LogP) is 1.85. The minimum absolute atomic E-state index is 0.804. The summed E-state index contributed by atoms with van der Waals surface area (Å²) in [5, 5.41) is 4.27. The number of hydrogen-bond acceptors (Lipinski definition) is 2. The Labute approximate surface area is 89.6 Å². The average molecular weight is 204 g/mol. The van der Waals surface area contributed by atoms with Crippen LogP contribution in [0, 0.1) is 6.92 Å². The van der Waals surface area contributed by atoms with Crippen LogP contribution in [0.2, 0.25) is 0 Å². The van der Waals surface area contributed by atoms with Gasteiger partial charge in [0.25, 0.3) is 0 Å². The average Bonchev–Trinajstić information content (AvgIpc) is 2.80. The molecular formula is C11H16N4. The fourth-order valence-electron chi connectivity index (χ4n) is 1.64. The SMILES string of the molecule is CCCn1cncc1Cn1nccc1C. The van der Waals surface area contributed by atoms with Crippen molar-refractivity contribution < 1.29 is 0 Å². The molecule has 2 aromatic heterocycles. The summed E-state index contributed by atoms with van der Waals surface area (Å²) in [4.78, 5) is 4.17. The van der Waals surface area contributed by atoms with E-state index in [1.165, 1.54) is 11.4 Å². The van der Waals surface area contributed by atoms with Crippen LogP contribution in [0.25, 0.3) is 0 Å². The first-order valence-electron chi connectivity index (χ1n) is 5.28. The molecule has 0 aliphatic carbocycles. The van der Waals surface area contributed by atoms with E-state index in [4.69, 9.17) is 0 Å². The molecule has 0 aromatic carbocycles. The first-order chi connectivity index (χ1) is 7.31. The Morgan fingerprint density at radius 2 is 2.27 bits per heavy atom. The van der Waals surface area contributed by atoms with Gasteiger partial charge < -0.3 is 4.57 Å². The number of nitrogens with zero attached hydrogens (tertiary/aromatic N) is 4. The molecule has 0 atom stereocenters. The summed E-state index contributed by atoms with van der Waals surface area (Å²) in [6, 6.07) is 2.01. The molecule has 0 saturated carbocycles. The van der Waals surface area contributed by atoms with Crippen LogP contribution in [0.3, 0.4) is 0 Å². The fourth-order valence-corrected chi connectivity index (χ4v) is 1.64. The van der Waals surface area contributed by atoms with Gasteiger partial charge in [0.2, 0.25) is 0 Å². The Bertz CT molecular complexity index is 427. The lowest BCUT2D eigenvalue weighted by Crippen LogP contribution is -2.09. The highest BCUT2D eigenvalue weighted by atomic mass is 15.3. The number of imidazole rings is 1. The van der Waals surface area contributed by atoms with Crippen molar-refractivity contribution in [2.24, 2.45) is 0 Å². The summed E-state index contributed by atoms with van der Waals surface area (Å²) in [7, 11) is 0. The highest BCUT2D eigenvalue weighted by Crippen LogP contribution is 2.05. The van der Waals surface area contributed by atoms with Crippen molar-refractivity contribution in [2.75, 3.05) is 0 Å². The smallest absolute Gasteiger partial charge is 0.0948 e. The summed E-state index contributed by atoms with van der Waals surface area (Å²) in [5.41, 5.74) is 2.39. The largest absolute Gasteiger partial charge is 0.333 e. The van der Waals surface area contributed by atoms with E-state index in [1.807, 2.05) is 29.5 Å². The van der Waals surface area contributed by atoms with Gasteiger partial charge in [-0.15, -0.1) is 0 Å². The van der Waals surface area contributed by atoms with Crippen LogP contribution < -0.4 is 0 Å². The van der Waals surface area contributed by atoms with Gasteiger partial charge in [-0.2, -0.15) is 5.10 Å². The molecule has 2 heterocycles. The Kier molecular flexibility index (Phi) is 2.85. The molecule has 0 aliphatic heterocycles. The van der Waals surface area contributed by atoms with Crippen LogP contribution in [0.1, 0.15) is 24.7 Å². The van der Waals surface area contributed by atoms with Gasteiger partial charge >= 0.3 is 0 Å². The highest BCUT2D eigenvalue weighted by Gasteiger charge is 2.03. The number of hydrogen-bond donors (Lipinski definition) is 0. The van der Waals surface area contributed by atoms with Gasteiger partial charge in [0.15, 0.2) is 0 Å². The van der Waals surface area contributed by atoms with Crippen molar-refractivity contribution in [3.8, 4) is 0 Å². The third-order valence-corrected chi connectivity index (χ3v) is 2.50. The van der Waals surface area contributed by atoms with Crippen LogP contribution in [-0.2, 0) is 13.1 Å². The van der Waals surface area contributed by atoms with Gasteiger partial charge in [0.05, 0.1) is 24.8 Å². The third kappa shape index (κ3) is 2.09. The van der Waals surface area contributed by atoms with Crippen LogP contribution in [0.15, 0.2) is 24.8 Å². The Morgan fingerprint density at radius 1 is 1.40 bits per heavy atom. The van der Waals surface area contributed by atoms with E-state index < -0.39 is 0 Å². The summed E-state index contributed by atoms with van der Waals surface area (Å²) < 4.78 is 4.17. The molecule has 0 spiro atoms. The zero-order valence-electron chi connectivity index (χ0n) is 9.22. The van der Waals surface area contributed by atoms with Crippen molar-refractivity contribution in [2.45, 2.75) is 33.4 Å². The van der Waals surface area contributed by atoms with E-state index in [0.29, 0.717) is 0 Å². The summed E-state index contributed by atoms with van der Waals surface area (Å²) in [6.07, 6.45) is 6.76. The van der Waals surface area contributed by atoms with Crippen LogP contribution in [0.5, 0.6) is 0 Å². The summed E-state index contributed by atoms with van der Waals surface area (Å²) in [6.45, 7) is 6.06. The third-order valence-electron chi connectivity index (χ3n) is 2.50. The van der Waals surface area contributed by atoms with Gasteiger partial charge in [-0.25, -0.2) is 4.98 Å². The van der Waals surface area contributed by atoms with Crippen molar-refractivity contribution in [3.63, 3.8) is 0 Å². The molecule has 0 bridgehead atoms. The quantitative estimate of drug-likeness (QED) is 0.762. The van der Waals surface area contributed by atoms with E-state index in [-0.39, 0.29) is 0 Å². The maximum atomic E-state index is 4.27. The zero-order chi connectivity index (χ0) is 10.7. The van der Waals surface area contributed by atoms with E-state index in [0.717, 1.165) is 19.5 Å². The lowest BCUT2D eigenvalue weighted by atomic mass is 10.4. The number of rotatable bonds is 4. The first-order valence-corrected chi connectivity index (χ1v) is 5.28. The van der Waals surface area contributed by atoms with Gasteiger partial charge in [0, 0.05) is 18.4 Å². The maximum Gasteiger partial charge on any atom is 0.0948 e. The maximum absolute atomic E-state index is 4.27. The second-order valence-corrected chi connectivity index (χ2v) is 3.71. The van der Waals surface area contributed by atoms with Crippen molar-refractivity contribution in [1.82, 2.24) is 19.3 Å². The lowest BCUT2D eigenvalue weighted by molar-refractivity contribution is 0.588.